The minimum absolute atomic E-state index is 0.163. The minimum Gasteiger partial charge on any atom is -0.309 e. The third-order valence-corrected chi connectivity index (χ3v) is 6.01. The third-order valence-electron chi connectivity index (χ3n) is 6.01. The van der Waals surface area contributed by atoms with E-state index in [9.17, 15) is 4.79 Å². The number of hydrogen-bond donors (Lipinski definition) is 0. The summed E-state index contributed by atoms with van der Waals surface area (Å²) >= 11 is 0. The first-order chi connectivity index (χ1) is 10.6. The fourth-order valence-corrected chi connectivity index (χ4v) is 4.40. The summed E-state index contributed by atoms with van der Waals surface area (Å²) in [5, 5.41) is 0. The van der Waals surface area contributed by atoms with Crippen LogP contribution in [0.15, 0.2) is 35.6 Å². The molecule has 3 atom stereocenters. The van der Waals surface area contributed by atoms with Gasteiger partial charge in [0.05, 0.1) is 0 Å². The normalized spacial score (nSPS) is 30.3. The number of nitrogens with zero attached hydrogens (tertiary/aromatic N) is 1. The van der Waals surface area contributed by atoms with Crippen molar-refractivity contribution in [2.45, 2.75) is 58.8 Å². The number of amides is 1. The summed E-state index contributed by atoms with van der Waals surface area (Å²) in [6, 6.07) is 0. The molecule has 0 N–H and O–H groups in total. The van der Waals surface area contributed by atoms with Gasteiger partial charge in [-0.2, -0.15) is 0 Å². The molecule has 0 saturated heterocycles. The highest BCUT2D eigenvalue weighted by atomic mass is 16.2. The molecule has 2 nitrogen and oxygen atoms in total. The summed E-state index contributed by atoms with van der Waals surface area (Å²) in [6.07, 6.45) is 14.1. The molecule has 120 valence electrons. The average molecular weight is 299 g/mol. The maximum Gasteiger partial charge on any atom is 0.254 e. The van der Waals surface area contributed by atoms with Gasteiger partial charge < -0.3 is 4.90 Å². The molecule has 1 heterocycles. The Morgan fingerprint density at radius 1 is 1.09 bits per heavy atom. The van der Waals surface area contributed by atoms with Crippen molar-refractivity contribution in [3.8, 4) is 0 Å². The zero-order valence-electron chi connectivity index (χ0n) is 14.1. The SMILES string of the molecule is C=C1C(C)=C(C)C(=O)N1CCCCCCC1CC2C=CC1C2. The van der Waals surface area contributed by atoms with Gasteiger partial charge in [0, 0.05) is 17.8 Å². The molecule has 0 aromatic heterocycles. The van der Waals surface area contributed by atoms with Crippen molar-refractivity contribution in [3.05, 3.63) is 35.6 Å². The predicted molar refractivity (Wildman–Crippen MR) is 91.2 cm³/mol. The van der Waals surface area contributed by atoms with Crippen LogP contribution in [-0.4, -0.2) is 17.4 Å². The number of carbonyl (C=O) groups is 1. The molecule has 2 bridgehead atoms. The van der Waals surface area contributed by atoms with E-state index in [0.29, 0.717) is 0 Å². The molecule has 0 aromatic rings. The van der Waals surface area contributed by atoms with Crippen LogP contribution < -0.4 is 0 Å². The van der Waals surface area contributed by atoms with E-state index < -0.39 is 0 Å². The fourth-order valence-electron chi connectivity index (χ4n) is 4.40. The Labute approximate surface area is 135 Å². The second-order valence-corrected chi connectivity index (χ2v) is 7.40. The van der Waals surface area contributed by atoms with Gasteiger partial charge in [0.1, 0.15) is 0 Å². The van der Waals surface area contributed by atoms with E-state index in [0.717, 1.165) is 47.6 Å². The highest BCUT2D eigenvalue weighted by molar-refractivity contribution is 5.99. The third kappa shape index (κ3) is 2.93. The highest BCUT2D eigenvalue weighted by Gasteiger charge is 2.34. The van der Waals surface area contributed by atoms with Gasteiger partial charge >= 0.3 is 0 Å². The van der Waals surface area contributed by atoms with Crippen LogP contribution in [0.5, 0.6) is 0 Å². The second-order valence-electron chi connectivity index (χ2n) is 7.40. The second kappa shape index (κ2) is 6.44. The molecule has 3 unspecified atom stereocenters. The molecule has 1 amide bonds. The first-order valence-corrected chi connectivity index (χ1v) is 8.95. The molecule has 2 heteroatoms. The smallest absolute Gasteiger partial charge is 0.254 e. The Morgan fingerprint density at radius 2 is 1.86 bits per heavy atom. The van der Waals surface area contributed by atoms with Crippen molar-refractivity contribution in [2.75, 3.05) is 6.54 Å². The van der Waals surface area contributed by atoms with Crippen LogP contribution in [0, 0.1) is 17.8 Å². The summed E-state index contributed by atoms with van der Waals surface area (Å²) in [6.45, 7) is 8.79. The summed E-state index contributed by atoms with van der Waals surface area (Å²) in [5.41, 5.74) is 2.85. The van der Waals surface area contributed by atoms with Gasteiger partial charge in [0.15, 0.2) is 0 Å². The summed E-state index contributed by atoms with van der Waals surface area (Å²) < 4.78 is 0. The lowest BCUT2D eigenvalue weighted by atomic mass is 9.88. The number of unbranched alkanes of at least 4 members (excludes halogenated alkanes) is 3. The lowest BCUT2D eigenvalue weighted by molar-refractivity contribution is -0.124. The first-order valence-electron chi connectivity index (χ1n) is 8.95. The van der Waals surface area contributed by atoms with Crippen molar-refractivity contribution >= 4 is 5.91 Å². The van der Waals surface area contributed by atoms with Crippen molar-refractivity contribution in [1.82, 2.24) is 4.90 Å². The molecule has 1 fully saturated rings. The zero-order valence-corrected chi connectivity index (χ0v) is 14.1. The standard InChI is InChI=1S/C20H29NO/c1-14-15(2)20(22)21(16(14)3)11-7-5-4-6-8-18-12-17-9-10-19(18)13-17/h9-10,17-19H,3-8,11-13H2,1-2H3. The monoisotopic (exact) mass is 299 g/mol. The molecule has 1 aliphatic heterocycles. The van der Waals surface area contributed by atoms with Gasteiger partial charge in [0.2, 0.25) is 0 Å². The number of fused-ring (bicyclic) bond motifs is 2. The van der Waals surface area contributed by atoms with Crippen molar-refractivity contribution < 1.29 is 4.79 Å². The summed E-state index contributed by atoms with van der Waals surface area (Å²) in [4.78, 5) is 14.0. The molecule has 2 aliphatic carbocycles. The molecule has 22 heavy (non-hydrogen) atoms. The summed E-state index contributed by atoms with van der Waals surface area (Å²) in [5.74, 6) is 2.93. The topological polar surface area (TPSA) is 20.3 Å². The maximum atomic E-state index is 12.1. The van der Waals surface area contributed by atoms with Gasteiger partial charge in [-0.25, -0.2) is 0 Å². The van der Waals surface area contributed by atoms with Gasteiger partial charge in [-0.3, -0.25) is 4.79 Å². The van der Waals surface area contributed by atoms with Crippen molar-refractivity contribution in [1.29, 1.82) is 0 Å². The van der Waals surface area contributed by atoms with Crippen LogP contribution in [-0.2, 0) is 4.79 Å². The number of rotatable bonds is 7. The van der Waals surface area contributed by atoms with Crippen LogP contribution in [0.4, 0.5) is 0 Å². The van der Waals surface area contributed by atoms with Crippen LogP contribution in [0.1, 0.15) is 58.8 Å². The first kappa shape index (κ1) is 15.6. The van der Waals surface area contributed by atoms with Crippen molar-refractivity contribution in [2.24, 2.45) is 17.8 Å². The Morgan fingerprint density at radius 3 is 2.45 bits per heavy atom. The van der Waals surface area contributed by atoms with Gasteiger partial charge in [0.25, 0.3) is 5.91 Å². The molecular weight excluding hydrogens is 270 g/mol. The van der Waals surface area contributed by atoms with Crippen LogP contribution in [0.25, 0.3) is 0 Å². The quantitative estimate of drug-likeness (QED) is 0.486. The van der Waals surface area contributed by atoms with Crippen molar-refractivity contribution in [3.63, 3.8) is 0 Å². The Bertz CT molecular complexity index is 504. The van der Waals surface area contributed by atoms with E-state index in [1.165, 1.54) is 38.5 Å². The van der Waals surface area contributed by atoms with Gasteiger partial charge in [-0.15, -0.1) is 0 Å². The molecule has 0 aromatic carbocycles. The molecule has 0 spiro atoms. The molecule has 3 aliphatic rings. The van der Waals surface area contributed by atoms with E-state index in [2.05, 4.69) is 18.7 Å². The Kier molecular flexibility index (Phi) is 4.56. The zero-order chi connectivity index (χ0) is 15.7. The number of hydrogen-bond acceptors (Lipinski definition) is 1. The molecule has 3 rings (SSSR count). The predicted octanol–water partition coefficient (Wildman–Crippen LogP) is 4.84. The lowest BCUT2D eigenvalue weighted by Crippen LogP contribution is -2.26. The number of allylic oxidation sites excluding steroid dienone is 3. The maximum absolute atomic E-state index is 12.1. The van der Waals surface area contributed by atoms with Crippen LogP contribution in [0.2, 0.25) is 0 Å². The molecule has 1 saturated carbocycles. The van der Waals surface area contributed by atoms with Gasteiger partial charge in [-0.1, -0.05) is 38.0 Å². The average Bonchev–Trinajstić information content (AvgIpc) is 3.18. The van der Waals surface area contributed by atoms with E-state index in [1.54, 1.807) is 0 Å². The largest absolute Gasteiger partial charge is 0.309 e. The van der Waals surface area contributed by atoms with E-state index in [1.807, 2.05) is 18.7 Å². The fraction of sp³-hybridized carbons (Fsp3) is 0.650. The molecule has 0 radical (unpaired) electrons. The Balaban J connectivity index is 1.29. The van der Waals surface area contributed by atoms with E-state index in [-0.39, 0.29) is 5.91 Å². The van der Waals surface area contributed by atoms with E-state index >= 15 is 0 Å². The van der Waals surface area contributed by atoms with Crippen LogP contribution >= 0.6 is 0 Å². The molecular formula is C20H29NO. The minimum atomic E-state index is 0.163. The Hall–Kier alpha value is -1.31. The van der Waals surface area contributed by atoms with Gasteiger partial charge in [-0.05, 0) is 62.9 Å². The summed E-state index contributed by atoms with van der Waals surface area (Å²) in [7, 11) is 0. The van der Waals surface area contributed by atoms with Crippen LogP contribution in [0.3, 0.4) is 0 Å². The highest BCUT2D eigenvalue weighted by Crippen LogP contribution is 2.45. The number of carbonyl (C=O) groups excluding carboxylic acids is 1. The van der Waals surface area contributed by atoms with E-state index in [4.69, 9.17) is 0 Å². The lowest BCUT2D eigenvalue weighted by Gasteiger charge is -2.19.